The molecular formula is C9H7NO3. The molecule has 1 N–H and O–H groups in total. The lowest BCUT2D eigenvalue weighted by Gasteiger charge is -2.18. The van der Waals surface area contributed by atoms with Crippen LogP contribution in [0.5, 0.6) is 17.2 Å². The second-order valence-corrected chi connectivity index (χ2v) is 2.62. The quantitative estimate of drug-likeness (QED) is 0.643. The molecule has 0 saturated heterocycles. The van der Waals surface area contributed by atoms with E-state index in [1.807, 2.05) is 6.07 Å². The summed E-state index contributed by atoms with van der Waals surface area (Å²) in [6.07, 6.45) is 0. The second kappa shape index (κ2) is 2.87. The lowest BCUT2D eigenvalue weighted by molar-refractivity contribution is 0.171. The topological polar surface area (TPSA) is 62.5 Å². The van der Waals surface area contributed by atoms with Gasteiger partial charge < -0.3 is 14.6 Å². The fraction of sp³-hybridized carbons (Fsp3) is 0.222. The van der Waals surface area contributed by atoms with Crippen LogP contribution in [0.15, 0.2) is 12.1 Å². The number of hydrogen-bond acceptors (Lipinski definition) is 4. The first-order valence-corrected chi connectivity index (χ1v) is 3.84. The Bertz CT molecular complexity index is 381. The van der Waals surface area contributed by atoms with Crippen LogP contribution in [0, 0.1) is 11.3 Å². The van der Waals surface area contributed by atoms with Gasteiger partial charge in [0, 0.05) is 12.1 Å². The van der Waals surface area contributed by atoms with E-state index in [1.54, 1.807) is 0 Å². The predicted octanol–water partition coefficient (Wildman–Crippen LogP) is 1.04. The van der Waals surface area contributed by atoms with Gasteiger partial charge in [0.05, 0.1) is 5.56 Å². The van der Waals surface area contributed by atoms with Crippen LogP contribution in [0.4, 0.5) is 0 Å². The number of hydrogen-bond donors (Lipinski definition) is 1. The van der Waals surface area contributed by atoms with Gasteiger partial charge in [-0.15, -0.1) is 0 Å². The summed E-state index contributed by atoms with van der Waals surface area (Å²) < 4.78 is 10.4. The minimum Gasteiger partial charge on any atom is -0.506 e. The molecule has 0 aliphatic carbocycles. The number of nitriles is 1. The lowest BCUT2D eigenvalue weighted by atomic mass is 10.2. The highest BCUT2D eigenvalue weighted by Crippen LogP contribution is 2.35. The van der Waals surface area contributed by atoms with Crippen LogP contribution in [0.2, 0.25) is 0 Å². The molecule has 0 fully saturated rings. The minimum absolute atomic E-state index is 0.0771. The van der Waals surface area contributed by atoms with Crippen LogP contribution in [0.1, 0.15) is 5.56 Å². The Labute approximate surface area is 74.9 Å². The predicted molar refractivity (Wildman–Crippen MR) is 43.8 cm³/mol. The first kappa shape index (κ1) is 7.74. The van der Waals surface area contributed by atoms with E-state index in [2.05, 4.69) is 0 Å². The standard InChI is InChI=1S/C9H7NO3/c10-5-6-3-8-9(4-7(6)11)13-2-1-12-8/h3-4,11H,1-2H2. The maximum atomic E-state index is 9.31. The molecule has 0 aromatic heterocycles. The largest absolute Gasteiger partial charge is 0.506 e. The molecule has 2 rings (SSSR count). The van der Waals surface area contributed by atoms with Crippen LogP contribution in [-0.4, -0.2) is 18.3 Å². The molecule has 0 radical (unpaired) electrons. The third-order valence-corrected chi connectivity index (χ3v) is 1.78. The second-order valence-electron chi connectivity index (χ2n) is 2.62. The van der Waals surface area contributed by atoms with Crippen molar-refractivity contribution >= 4 is 0 Å². The van der Waals surface area contributed by atoms with Crippen molar-refractivity contribution in [2.75, 3.05) is 13.2 Å². The Kier molecular flexibility index (Phi) is 1.71. The van der Waals surface area contributed by atoms with Crippen molar-refractivity contribution in [1.29, 1.82) is 5.26 Å². The molecule has 66 valence electrons. The minimum atomic E-state index is -0.0771. The van der Waals surface area contributed by atoms with E-state index in [0.717, 1.165) is 0 Å². The van der Waals surface area contributed by atoms with Gasteiger partial charge in [0.1, 0.15) is 25.0 Å². The molecule has 4 nitrogen and oxygen atoms in total. The van der Waals surface area contributed by atoms with Gasteiger partial charge in [0.15, 0.2) is 11.5 Å². The Hall–Kier alpha value is -1.89. The number of phenols is 1. The van der Waals surface area contributed by atoms with E-state index < -0.39 is 0 Å². The number of fused-ring (bicyclic) bond motifs is 1. The highest BCUT2D eigenvalue weighted by atomic mass is 16.6. The zero-order chi connectivity index (χ0) is 9.26. The molecule has 0 saturated carbocycles. The molecule has 1 aromatic carbocycles. The van der Waals surface area contributed by atoms with Gasteiger partial charge in [-0.3, -0.25) is 0 Å². The first-order valence-electron chi connectivity index (χ1n) is 3.84. The molecule has 0 unspecified atom stereocenters. The molecule has 0 atom stereocenters. The summed E-state index contributed by atoms with van der Waals surface area (Å²) in [6, 6.07) is 4.73. The van der Waals surface area contributed by atoms with Gasteiger partial charge in [-0.1, -0.05) is 0 Å². The van der Waals surface area contributed by atoms with Crippen molar-refractivity contribution in [2.24, 2.45) is 0 Å². The zero-order valence-corrected chi connectivity index (χ0v) is 6.78. The van der Waals surface area contributed by atoms with Gasteiger partial charge in [-0.05, 0) is 0 Å². The normalized spacial score (nSPS) is 13.5. The highest BCUT2D eigenvalue weighted by molar-refractivity contribution is 5.54. The molecule has 13 heavy (non-hydrogen) atoms. The Balaban J connectivity index is 2.52. The summed E-state index contributed by atoms with van der Waals surface area (Å²) in [5.41, 5.74) is 0.198. The molecule has 1 aromatic rings. The third kappa shape index (κ3) is 1.25. The van der Waals surface area contributed by atoms with Gasteiger partial charge >= 0.3 is 0 Å². The Morgan fingerprint density at radius 3 is 2.46 bits per heavy atom. The van der Waals surface area contributed by atoms with Gasteiger partial charge in [-0.2, -0.15) is 5.26 Å². The van der Waals surface area contributed by atoms with Gasteiger partial charge in [-0.25, -0.2) is 0 Å². The molecule has 0 bridgehead atoms. The van der Waals surface area contributed by atoms with Gasteiger partial charge in [0.2, 0.25) is 0 Å². The van der Waals surface area contributed by atoms with E-state index in [9.17, 15) is 5.11 Å². The van der Waals surface area contributed by atoms with Crippen molar-refractivity contribution in [1.82, 2.24) is 0 Å². The zero-order valence-electron chi connectivity index (χ0n) is 6.78. The molecule has 0 amide bonds. The van der Waals surface area contributed by atoms with Crippen molar-refractivity contribution in [3.63, 3.8) is 0 Å². The summed E-state index contributed by atoms with van der Waals surface area (Å²) >= 11 is 0. The summed E-state index contributed by atoms with van der Waals surface area (Å²) in [7, 11) is 0. The molecular weight excluding hydrogens is 170 g/mol. The number of ether oxygens (including phenoxy) is 2. The summed E-state index contributed by atoms with van der Waals surface area (Å²) in [5, 5.41) is 17.9. The Morgan fingerprint density at radius 1 is 1.23 bits per heavy atom. The highest BCUT2D eigenvalue weighted by Gasteiger charge is 2.14. The van der Waals surface area contributed by atoms with E-state index in [0.29, 0.717) is 24.7 Å². The van der Waals surface area contributed by atoms with E-state index in [1.165, 1.54) is 12.1 Å². The fourth-order valence-electron chi connectivity index (χ4n) is 1.17. The summed E-state index contributed by atoms with van der Waals surface area (Å²) in [4.78, 5) is 0. The fourth-order valence-corrected chi connectivity index (χ4v) is 1.17. The number of rotatable bonds is 0. The van der Waals surface area contributed by atoms with Crippen LogP contribution in [0.25, 0.3) is 0 Å². The lowest BCUT2D eigenvalue weighted by Crippen LogP contribution is -2.15. The van der Waals surface area contributed by atoms with Crippen LogP contribution >= 0.6 is 0 Å². The maximum Gasteiger partial charge on any atom is 0.165 e. The van der Waals surface area contributed by atoms with Crippen molar-refractivity contribution < 1.29 is 14.6 Å². The van der Waals surface area contributed by atoms with Gasteiger partial charge in [0.25, 0.3) is 0 Å². The summed E-state index contributed by atoms with van der Waals surface area (Å²) in [6.45, 7) is 0.945. The monoisotopic (exact) mass is 177 g/mol. The Morgan fingerprint density at radius 2 is 1.85 bits per heavy atom. The number of aromatic hydroxyl groups is 1. The molecule has 0 spiro atoms. The maximum absolute atomic E-state index is 9.31. The van der Waals surface area contributed by atoms with Crippen LogP contribution < -0.4 is 9.47 Å². The van der Waals surface area contributed by atoms with Crippen LogP contribution in [-0.2, 0) is 0 Å². The number of nitrogens with zero attached hydrogens (tertiary/aromatic N) is 1. The first-order chi connectivity index (χ1) is 6.31. The van der Waals surface area contributed by atoms with Crippen molar-refractivity contribution in [2.45, 2.75) is 0 Å². The molecule has 4 heteroatoms. The third-order valence-electron chi connectivity index (χ3n) is 1.78. The summed E-state index contributed by atoms with van der Waals surface area (Å²) in [5.74, 6) is 0.926. The van der Waals surface area contributed by atoms with E-state index in [4.69, 9.17) is 14.7 Å². The smallest absolute Gasteiger partial charge is 0.165 e. The SMILES string of the molecule is N#Cc1cc2c(cc1O)OCCO2. The molecule has 1 heterocycles. The number of phenolic OH excluding ortho intramolecular Hbond substituents is 1. The van der Waals surface area contributed by atoms with Crippen molar-refractivity contribution in [3.05, 3.63) is 17.7 Å². The van der Waals surface area contributed by atoms with E-state index >= 15 is 0 Å². The average molecular weight is 177 g/mol. The molecule has 1 aliphatic heterocycles. The average Bonchev–Trinajstić information content (AvgIpc) is 2.17. The number of benzene rings is 1. The van der Waals surface area contributed by atoms with E-state index in [-0.39, 0.29) is 11.3 Å². The van der Waals surface area contributed by atoms with Crippen LogP contribution in [0.3, 0.4) is 0 Å². The van der Waals surface area contributed by atoms with Crippen molar-refractivity contribution in [3.8, 4) is 23.3 Å². The molecule has 1 aliphatic rings.